The lowest BCUT2D eigenvalue weighted by Gasteiger charge is -2.23. The van der Waals surface area contributed by atoms with Crippen LogP contribution in [0.2, 0.25) is 0 Å². The maximum Gasteiger partial charge on any atom is 0.253 e. The molecule has 0 spiro atoms. The molecule has 3 aliphatic rings. The minimum Gasteiger partial charge on any atom is -0.420 e. The zero-order valence-corrected chi connectivity index (χ0v) is 16.3. The monoisotopic (exact) mass is 396 g/mol. The Morgan fingerprint density at radius 3 is 2.79 bits per heavy atom. The Morgan fingerprint density at radius 1 is 1.32 bits per heavy atom. The van der Waals surface area contributed by atoms with Crippen molar-refractivity contribution in [1.82, 2.24) is 15.6 Å². The highest BCUT2D eigenvalue weighted by Gasteiger charge is 2.30. The van der Waals surface area contributed by atoms with Crippen LogP contribution in [0.3, 0.4) is 0 Å². The Balaban J connectivity index is 1.50. The maximum absolute atomic E-state index is 12.0. The zero-order valence-electron chi connectivity index (χ0n) is 15.5. The summed E-state index contributed by atoms with van der Waals surface area (Å²) < 4.78 is 5.85. The van der Waals surface area contributed by atoms with Gasteiger partial charge in [0.05, 0.1) is 11.3 Å². The first-order chi connectivity index (χ1) is 13.5. The molecule has 1 amide bonds. The summed E-state index contributed by atoms with van der Waals surface area (Å²) in [6, 6.07) is 7.09. The van der Waals surface area contributed by atoms with E-state index in [1.807, 2.05) is 17.5 Å². The summed E-state index contributed by atoms with van der Waals surface area (Å²) in [5.41, 5.74) is 4.87. The van der Waals surface area contributed by atoms with Gasteiger partial charge in [-0.05, 0) is 29.5 Å². The van der Waals surface area contributed by atoms with Crippen molar-refractivity contribution in [3.05, 3.63) is 58.5 Å². The molecule has 8 nitrogen and oxygen atoms in total. The van der Waals surface area contributed by atoms with Gasteiger partial charge in [0.25, 0.3) is 5.91 Å². The molecular weight excluding hydrogens is 376 g/mol. The minimum atomic E-state index is -0.239. The molecule has 0 saturated heterocycles. The highest BCUT2D eigenvalue weighted by Crippen LogP contribution is 2.29. The molecule has 0 saturated carbocycles. The van der Waals surface area contributed by atoms with Gasteiger partial charge in [-0.25, -0.2) is 10.4 Å². The minimum absolute atomic E-state index is 0.0473. The van der Waals surface area contributed by atoms with E-state index in [-0.39, 0.29) is 23.0 Å². The zero-order chi connectivity index (χ0) is 19.7. The fourth-order valence-corrected chi connectivity index (χ4v) is 3.80. The van der Waals surface area contributed by atoms with E-state index in [2.05, 4.69) is 26.9 Å². The van der Waals surface area contributed by atoms with Crippen LogP contribution in [0.4, 0.5) is 0 Å². The number of carbonyl (C=O) groups excluding carboxylic acids is 1. The molecule has 3 aliphatic heterocycles. The predicted octanol–water partition coefficient (Wildman–Crippen LogP) is 2.20. The van der Waals surface area contributed by atoms with Crippen LogP contribution in [0.5, 0.6) is 0 Å². The fourth-order valence-electron chi connectivity index (χ4n) is 2.95. The normalized spacial score (nSPS) is 25.8. The molecule has 0 bridgehead atoms. The van der Waals surface area contributed by atoms with E-state index < -0.39 is 0 Å². The third-order valence-corrected chi connectivity index (χ3v) is 5.55. The molecule has 2 atom stereocenters. The van der Waals surface area contributed by atoms with Gasteiger partial charge in [0, 0.05) is 25.9 Å². The number of rotatable bonds is 3. The van der Waals surface area contributed by atoms with Crippen molar-refractivity contribution < 1.29 is 9.53 Å². The molecule has 1 aromatic carbocycles. The Bertz CT molecular complexity index is 924. The van der Waals surface area contributed by atoms with Gasteiger partial charge >= 0.3 is 0 Å². The lowest BCUT2D eigenvalue weighted by Crippen LogP contribution is -2.33. The Hall–Kier alpha value is -3.07. The number of nitrogens with one attached hydrogen (secondary N) is 3. The van der Waals surface area contributed by atoms with E-state index >= 15 is 0 Å². The molecule has 0 radical (unpaired) electrons. The summed E-state index contributed by atoms with van der Waals surface area (Å²) in [5, 5.41) is 17.8. The highest BCUT2D eigenvalue weighted by molar-refractivity contribution is 8.03. The number of carbonyl (C=O) groups is 1. The van der Waals surface area contributed by atoms with E-state index in [1.165, 1.54) is 4.90 Å². The average Bonchev–Trinajstić information content (AvgIpc) is 3.39. The van der Waals surface area contributed by atoms with Crippen molar-refractivity contribution in [2.45, 2.75) is 17.7 Å². The summed E-state index contributed by atoms with van der Waals surface area (Å²) in [6.45, 7) is 0. The summed E-state index contributed by atoms with van der Waals surface area (Å²) in [5.74, 6) is 1.01. The van der Waals surface area contributed by atoms with Gasteiger partial charge in [-0.3, -0.25) is 10.2 Å². The van der Waals surface area contributed by atoms with Crippen LogP contribution < -0.4 is 10.7 Å². The predicted molar refractivity (Wildman–Crippen MR) is 110 cm³/mol. The lowest BCUT2D eigenvalue weighted by atomic mass is 10.0. The summed E-state index contributed by atoms with van der Waals surface area (Å²) >= 11 is 1.66. The molecule has 144 valence electrons. The molecule has 1 aromatic rings. The van der Waals surface area contributed by atoms with Crippen LogP contribution >= 0.6 is 11.8 Å². The number of benzene rings is 1. The van der Waals surface area contributed by atoms with E-state index in [0.717, 1.165) is 12.0 Å². The van der Waals surface area contributed by atoms with Crippen LogP contribution in [-0.2, 0) is 4.74 Å². The molecular formula is C19H20N6O2S. The molecule has 9 heteroatoms. The van der Waals surface area contributed by atoms with Crippen molar-refractivity contribution >= 4 is 35.6 Å². The van der Waals surface area contributed by atoms with Gasteiger partial charge in [-0.15, -0.1) is 16.9 Å². The quantitative estimate of drug-likeness (QED) is 0.727. The van der Waals surface area contributed by atoms with Gasteiger partial charge in [-0.1, -0.05) is 18.2 Å². The Kier molecular flexibility index (Phi) is 4.91. The smallest absolute Gasteiger partial charge is 0.253 e. The molecule has 4 rings (SSSR count). The number of amides is 1. The second-order valence-corrected chi connectivity index (χ2v) is 7.78. The van der Waals surface area contributed by atoms with Gasteiger partial charge in [-0.2, -0.15) is 0 Å². The van der Waals surface area contributed by atoms with Crippen molar-refractivity contribution in [2.75, 3.05) is 14.1 Å². The van der Waals surface area contributed by atoms with Crippen molar-refractivity contribution in [2.24, 2.45) is 10.1 Å². The van der Waals surface area contributed by atoms with Crippen LogP contribution in [-0.4, -0.2) is 48.1 Å². The van der Waals surface area contributed by atoms with Gasteiger partial charge in [0.15, 0.2) is 5.84 Å². The first-order valence-electron chi connectivity index (χ1n) is 8.80. The largest absolute Gasteiger partial charge is 0.420 e. The molecule has 0 fully saturated rings. The number of aliphatic imine (C=N–C) groups is 1. The van der Waals surface area contributed by atoms with E-state index in [0.29, 0.717) is 23.0 Å². The van der Waals surface area contributed by atoms with Crippen molar-refractivity contribution in [3.8, 4) is 0 Å². The van der Waals surface area contributed by atoms with Crippen molar-refractivity contribution in [1.29, 1.82) is 5.41 Å². The summed E-state index contributed by atoms with van der Waals surface area (Å²) in [7, 11) is 3.45. The van der Waals surface area contributed by atoms with Crippen LogP contribution in [0.15, 0.2) is 57.4 Å². The lowest BCUT2D eigenvalue weighted by molar-refractivity contribution is 0.0827. The van der Waals surface area contributed by atoms with Crippen LogP contribution in [0.25, 0.3) is 0 Å². The number of hydrogen-bond donors (Lipinski definition) is 3. The summed E-state index contributed by atoms with van der Waals surface area (Å²) in [6.07, 6.45) is 4.62. The molecule has 0 aromatic heterocycles. The topological polar surface area (TPSA) is 102 Å². The SMILES string of the molecule is CN(C)C(=O)c1ccc(C2C=NC(=N)C(=C3NN=C(C4CC=CS4)O3)N2)cc1. The third kappa shape index (κ3) is 3.53. The van der Waals surface area contributed by atoms with Gasteiger partial charge < -0.3 is 15.0 Å². The Labute approximate surface area is 166 Å². The second kappa shape index (κ2) is 7.51. The van der Waals surface area contributed by atoms with E-state index in [9.17, 15) is 4.79 Å². The Morgan fingerprint density at radius 2 is 2.11 bits per heavy atom. The molecule has 3 heterocycles. The fraction of sp³-hybridized carbons (Fsp3) is 0.263. The number of hydrogen-bond acceptors (Lipinski definition) is 7. The number of amidine groups is 1. The number of ether oxygens (including phenoxy) is 1. The van der Waals surface area contributed by atoms with Gasteiger partial charge in [0.1, 0.15) is 5.70 Å². The number of allylic oxidation sites excluding steroid dienone is 1. The van der Waals surface area contributed by atoms with E-state index in [1.54, 1.807) is 44.2 Å². The van der Waals surface area contributed by atoms with E-state index in [4.69, 9.17) is 10.1 Å². The van der Waals surface area contributed by atoms with Crippen LogP contribution in [0.1, 0.15) is 28.4 Å². The number of thioether (sulfide) groups is 1. The first kappa shape index (κ1) is 18.3. The molecule has 28 heavy (non-hydrogen) atoms. The molecule has 3 N–H and O–H groups in total. The highest BCUT2D eigenvalue weighted by atomic mass is 32.2. The second-order valence-electron chi connectivity index (χ2n) is 6.67. The average molecular weight is 396 g/mol. The molecule has 0 aliphatic carbocycles. The number of nitrogens with zero attached hydrogens (tertiary/aromatic N) is 3. The molecule has 2 unspecified atom stereocenters. The summed E-state index contributed by atoms with van der Waals surface area (Å²) in [4.78, 5) is 17.8. The van der Waals surface area contributed by atoms with Crippen molar-refractivity contribution in [3.63, 3.8) is 0 Å². The number of hydrazone groups is 1. The third-order valence-electron chi connectivity index (χ3n) is 4.48. The maximum atomic E-state index is 12.0. The standard InChI is InChI=1S/C19H20N6O2S/c1-25(2)19(26)12-7-5-11(6-8-12)13-10-21-16(20)15(22-13)18-24-23-17(27-18)14-4-3-9-28-14/h3,5-10,13-14,20,22,24H,4H2,1-2H3. The first-order valence-corrected chi connectivity index (χ1v) is 9.74. The van der Waals surface area contributed by atoms with Crippen LogP contribution in [0, 0.1) is 5.41 Å². The van der Waals surface area contributed by atoms with Gasteiger partial charge in [0.2, 0.25) is 11.8 Å².